The van der Waals surface area contributed by atoms with Crippen molar-refractivity contribution in [2.45, 2.75) is 6.10 Å². The van der Waals surface area contributed by atoms with Gasteiger partial charge in [0.25, 0.3) is 5.91 Å². The van der Waals surface area contributed by atoms with E-state index in [-0.39, 0.29) is 17.9 Å². The molecule has 1 amide bonds. The van der Waals surface area contributed by atoms with Crippen LogP contribution in [0.2, 0.25) is 0 Å². The SMILES string of the molecule is COc1ccc(OC)c(-c2cc(C(=O)N3CC(Oc4ncccc4C#N)C3)n(C)n2)c1. The third-order valence-electron chi connectivity index (χ3n) is 5.09. The Morgan fingerprint density at radius 3 is 2.71 bits per heavy atom. The van der Waals surface area contributed by atoms with Gasteiger partial charge >= 0.3 is 0 Å². The number of amides is 1. The van der Waals surface area contributed by atoms with Crippen molar-refractivity contribution in [2.24, 2.45) is 7.05 Å². The molecule has 9 nitrogen and oxygen atoms in total. The van der Waals surface area contributed by atoms with Gasteiger partial charge in [-0.25, -0.2) is 4.98 Å². The summed E-state index contributed by atoms with van der Waals surface area (Å²) in [4.78, 5) is 18.7. The fourth-order valence-corrected chi connectivity index (χ4v) is 3.38. The minimum absolute atomic E-state index is 0.149. The highest BCUT2D eigenvalue weighted by Gasteiger charge is 2.35. The van der Waals surface area contributed by atoms with Crippen molar-refractivity contribution in [3.63, 3.8) is 0 Å². The molecule has 1 aliphatic heterocycles. The van der Waals surface area contributed by atoms with Gasteiger partial charge in [-0.1, -0.05) is 0 Å². The lowest BCUT2D eigenvalue weighted by Gasteiger charge is -2.38. The van der Waals surface area contributed by atoms with Crippen molar-refractivity contribution in [3.05, 3.63) is 53.9 Å². The van der Waals surface area contributed by atoms with Crippen LogP contribution in [0.25, 0.3) is 11.3 Å². The smallest absolute Gasteiger partial charge is 0.272 e. The normalized spacial score (nSPS) is 13.3. The van der Waals surface area contributed by atoms with E-state index in [9.17, 15) is 4.79 Å². The van der Waals surface area contributed by atoms with Crippen molar-refractivity contribution in [1.82, 2.24) is 19.7 Å². The summed E-state index contributed by atoms with van der Waals surface area (Å²) in [6.45, 7) is 0.812. The Morgan fingerprint density at radius 1 is 1.19 bits per heavy atom. The zero-order chi connectivity index (χ0) is 22.0. The van der Waals surface area contributed by atoms with Gasteiger partial charge in [0.05, 0.1) is 33.0 Å². The van der Waals surface area contributed by atoms with Crippen LogP contribution in [0.4, 0.5) is 0 Å². The minimum Gasteiger partial charge on any atom is -0.497 e. The van der Waals surface area contributed by atoms with Gasteiger partial charge in [0.15, 0.2) is 0 Å². The molecule has 0 unspecified atom stereocenters. The Labute approximate surface area is 179 Å². The fourth-order valence-electron chi connectivity index (χ4n) is 3.38. The minimum atomic E-state index is -0.211. The van der Waals surface area contributed by atoms with Gasteiger partial charge in [-0.05, 0) is 36.4 Å². The molecule has 158 valence electrons. The molecule has 4 rings (SSSR count). The molecule has 0 aliphatic carbocycles. The summed E-state index contributed by atoms with van der Waals surface area (Å²) in [6, 6.07) is 12.5. The summed E-state index contributed by atoms with van der Waals surface area (Å²) in [5.41, 5.74) is 2.17. The van der Waals surface area contributed by atoms with Crippen LogP contribution >= 0.6 is 0 Å². The van der Waals surface area contributed by atoms with Gasteiger partial charge in [0.1, 0.15) is 34.9 Å². The average molecular weight is 419 g/mol. The van der Waals surface area contributed by atoms with Gasteiger partial charge < -0.3 is 19.1 Å². The number of likely N-dealkylation sites (tertiary alicyclic amines) is 1. The Kier molecular flexibility index (Phi) is 5.45. The van der Waals surface area contributed by atoms with E-state index in [0.717, 1.165) is 5.56 Å². The lowest BCUT2D eigenvalue weighted by molar-refractivity contribution is 0.0151. The lowest BCUT2D eigenvalue weighted by atomic mass is 10.1. The predicted octanol–water partition coefficient (Wildman–Crippen LogP) is 2.27. The second-order valence-corrected chi connectivity index (χ2v) is 7.02. The molecule has 31 heavy (non-hydrogen) atoms. The average Bonchev–Trinajstić information content (AvgIpc) is 3.16. The van der Waals surface area contributed by atoms with E-state index in [0.29, 0.717) is 41.5 Å². The Balaban J connectivity index is 1.48. The quantitative estimate of drug-likeness (QED) is 0.604. The van der Waals surface area contributed by atoms with Crippen molar-refractivity contribution in [3.8, 4) is 34.7 Å². The van der Waals surface area contributed by atoms with Crippen molar-refractivity contribution < 1.29 is 19.0 Å². The zero-order valence-corrected chi connectivity index (χ0v) is 17.4. The van der Waals surface area contributed by atoms with Crippen LogP contribution in [-0.4, -0.2) is 59.0 Å². The monoisotopic (exact) mass is 419 g/mol. The first-order valence-electron chi connectivity index (χ1n) is 9.61. The number of pyridine rings is 1. The molecular formula is C22H21N5O4. The highest BCUT2D eigenvalue weighted by molar-refractivity contribution is 5.94. The number of benzene rings is 1. The number of ether oxygens (including phenoxy) is 3. The highest BCUT2D eigenvalue weighted by Crippen LogP contribution is 2.33. The number of nitriles is 1. The van der Waals surface area contributed by atoms with E-state index in [2.05, 4.69) is 16.2 Å². The maximum Gasteiger partial charge on any atom is 0.272 e. The summed E-state index contributed by atoms with van der Waals surface area (Å²) in [6.07, 6.45) is 1.36. The van der Waals surface area contributed by atoms with E-state index in [1.807, 2.05) is 6.07 Å². The number of nitrogens with zero attached hydrogens (tertiary/aromatic N) is 5. The first kappa shape index (κ1) is 20.2. The summed E-state index contributed by atoms with van der Waals surface area (Å²) in [5.74, 6) is 1.45. The summed E-state index contributed by atoms with van der Waals surface area (Å²) >= 11 is 0. The van der Waals surface area contributed by atoms with Crippen LogP contribution < -0.4 is 14.2 Å². The molecule has 9 heteroatoms. The largest absolute Gasteiger partial charge is 0.497 e. The summed E-state index contributed by atoms with van der Waals surface area (Å²) in [5, 5.41) is 13.6. The topological polar surface area (TPSA) is 103 Å². The third kappa shape index (κ3) is 3.88. The molecular weight excluding hydrogens is 398 g/mol. The standard InChI is InChI=1S/C22H21N5O4/c1-26-19(10-18(25-26)17-9-15(29-2)6-7-20(17)30-3)22(28)27-12-16(13-27)31-21-14(11-23)5-4-8-24-21/h4-10,16H,12-13H2,1-3H3. The van der Waals surface area contributed by atoms with E-state index in [1.165, 1.54) is 0 Å². The molecule has 1 aliphatic rings. The fraction of sp³-hybridized carbons (Fsp3) is 0.273. The second kappa shape index (κ2) is 8.36. The molecule has 0 N–H and O–H groups in total. The lowest BCUT2D eigenvalue weighted by Crippen LogP contribution is -2.56. The number of hydrogen-bond acceptors (Lipinski definition) is 7. The Morgan fingerprint density at radius 2 is 2.00 bits per heavy atom. The maximum atomic E-state index is 13.0. The molecule has 0 bridgehead atoms. The predicted molar refractivity (Wildman–Crippen MR) is 111 cm³/mol. The second-order valence-electron chi connectivity index (χ2n) is 7.02. The number of methoxy groups -OCH3 is 2. The third-order valence-corrected chi connectivity index (χ3v) is 5.09. The number of aromatic nitrogens is 3. The molecule has 1 saturated heterocycles. The molecule has 1 fully saturated rings. The van der Waals surface area contributed by atoms with Gasteiger partial charge in [0, 0.05) is 18.8 Å². The number of carbonyl (C=O) groups is 1. The number of carbonyl (C=O) groups excluding carboxylic acids is 1. The summed E-state index contributed by atoms with van der Waals surface area (Å²) in [7, 11) is 4.90. The number of aryl methyl sites for hydroxylation is 1. The van der Waals surface area contributed by atoms with Gasteiger partial charge in [0.2, 0.25) is 5.88 Å². The van der Waals surface area contributed by atoms with Gasteiger partial charge in [-0.15, -0.1) is 0 Å². The van der Waals surface area contributed by atoms with Crippen LogP contribution in [0, 0.1) is 11.3 Å². The molecule has 3 aromatic rings. The van der Waals surface area contributed by atoms with E-state index in [1.54, 1.807) is 67.4 Å². The zero-order valence-electron chi connectivity index (χ0n) is 17.4. The van der Waals surface area contributed by atoms with Crippen molar-refractivity contribution in [1.29, 1.82) is 5.26 Å². The van der Waals surface area contributed by atoms with Gasteiger partial charge in [-0.2, -0.15) is 10.4 Å². The maximum absolute atomic E-state index is 13.0. The Hall–Kier alpha value is -4.06. The summed E-state index contributed by atoms with van der Waals surface area (Å²) < 4.78 is 18.1. The van der Waals surface area contributed by atoms with E-state index < -0.39 is 0 Å². The molecule has 0 atom stereocenters. The molecule has 2 aromatic heterocycles. The van der Waals surface area contributed by atoms with Crippen LogP contribution in [-0.2, 0) is 7.05 Å². The van der Waals surface area contributed by atoms with Crippen LogP contribution in [0.5, 0.6) is 17.4 Å². The molecule has 0 radical (unpaired) electrons. The van der Waals surface area contributed by atoms with Crippen LogP contribution in [0.1, 0.15) is 16.1 Å². The van der Waals surface area contributed by atoms with E-state index in [4.69, 9.17) is 19.5 Å². The van der Waals surface area contributed by atoms with E-state index >= 15 is 0 Å². The van der Waals surface area contributed by atoms with Crippen molar-refractivity contribution >= 4 is 5.91 Å². The molecule has 0 saturated carbocycles. The molecule has 0 spiro atoms. The van der Waals surface area contributed by atoms with Crippen LogP contribution in [0.15, 0.2) is 42.6 Å². The number of rotatable bonds is 6. The molecule has 3 heterocycles. The van der Waals surface area contributed by atoms with Crippen LogP contribution in [0.3, 0.4) is 0 Å². The first-order valence-corrected chi connectivity index (χ1v) is 9.61. The van der Waals surface area contributed by atoms with Crippen molar-refractivity contribution in [2.75, 3.05) is 27.3 Å². The van der Waals surface area contributed by atoms with Gasteiger partial charge in [-0.3, -0.25) is 9.48 Å². The number of hydrogen-bond donors (Lipinski definition) is 0. The first-order chi connectivity index (χ1) is 15.0. The highest BCUT2D eigenvalue weighted by atomic mass is 16.5. The Bertz CT molecular complexity index is 1160. The molecule has 1 aromatic carbocycles.